The second-order valence-corrected chi connectivity index (χ2v) is 7.40. The third-order valence-corrected chi connectivity index (χ3v) is 5.57. The number of unbranched alkanes of at least 4 members (excludes halogenated alkanes) is 1. The lowest BCUT2D eigenvalue weighted by atomic mass is 10.0. The Kier molecular flexibility index (Phi) is 6.11. The Morgan fingerprint density at radius 1 is 1.08 bits per heavy atom. The van der Waals surface area contributed by atoms with Crippen molar-refractivity contribution in [2.45, 2.75) is 64.3 Å². The summed E-state index contributed by atoms with van der Waals surface area (Å²) in [4.78, 5) is 28.4. The molecule has 1 aromatic carbocycles. The number of hydrogen-bond acceptors (Lipinski definition) is 2. The maximum absolute atomic E-state index is 12.6. The van der Waals surface area contributed by atoms with Gasteiger partial charge in [-0.05, 0) is 43.2 Å². The van der Waals surface area contributed by atoms with Crippen LogP contribution in [0.25, 0.3) is 0 Å². The SMILES string of the molecule is CCCCc1ccc(CC(=O)N2CCC(N3CCCC3=O)CC2)cc1. The highest BCUT2D eigenvalue weighted by molar-refractivity contribution is 5.79. The van der Waals surface area contributed by atoms with E-state index in [1.54, 1.807) is 0 Å². The molecule has 0 bridgehead atoms. The van der Waals surface area contributed by atoms with Crippen LogP contribution in [0.1, 0.15) is 56.6 Å². The fourth-order valence-electron chi connectivity index (χ4n) is 3.97. The first-order valence-corrected chi connectivity index (χ1v) is 9.82. The number of piperidine rings is 1. The molecule has 0 aliphatic carbocycles. The third kappa shape index (κ3) is 4.62. The zero-order chi connectivity index (χ0) is 17.6. The molecule has 2 amide bonds. The molecule has 0 unspecified atom stereocenters. The van der Waals surface area contributed by atoms with Gasteiger partial charge >= 0.3 is 0 Å². The normalized spacial score (nSPS) is 18.8. The average Bonchev–Trinajstić information content (AvgIpc) is 3.07. The van der Waals surface area contributed by atoms with Gasteiger partial charge < -0.3 is 9.80 Å². The Morgan fingerprint density at radius 3 is 2.36 bits per heavy atom. The summed E-state index contributed by atoms with van der Waals surface area (Å²) >= 11 is 0. The predicted octanol–water partition coefficient (Wildman–Crippen LogP) is 3.19. The average molecular weight is 342 g/mol. The van der Waals surface area contributed by atoms with E-state index in [1.807, 2.05) is 9.80 Å². The molecule has 2 fully saturated rings. The Bertz CT molecular complexity index is 588. The van der Waals surface area contributed by atoms with E-state index in [4.69, 9.17) is 0 Å². The fourth-order valence-corrected chi connectivity index (χ4v) is 3.97. The molecule has 2 heterocycles. The molecule has 0 spiro atoms. The smallest absolute Gasteiger partial charge is 0.226 e. The van der Waals surface area contributed by atoms with Crippen LogP contribution in [0.15, 0.2) is 24.3 Å². The summed E-state index contributed by atoms with van der Waals surface area (Å²) in [7, 11) is 0. The van der Waals surface area contributed by atoms with E-state index in [-0.39, 0.29) is 5.91 Å². The number of rotatable bonds is 6. The van der Waals surface area contributed by atoms with Crippen molar-refractivity contribution in [1.29, 1.82) is 0 Å². The van der Waals surface area contributed by atoms with Crippen LogP contribution in [0, 0.1) is 0 Å². The van der Waals surface area contributed by atoms with Crippen LogP contribution >= 0.6 is 0 Å². The Hall–Kier alpha value is -1.84. The van der Waals surface area contributed by atoms with Crippen LogP contribution in [0.5, 0.6) is 0 Å². The van der Waals surface area contributed by atoms with Crippen molar-refractivity contribution in [3.05, 3.63) is 35.4 Å². The van der Waals surface area contributed by atoms with Gasteiger partial charge in [0.05, 0.1) is 6.42 Å². The Labute approximate surface area is 151 Å². The van der Waals surface area contributed by atoms with E-state index in [0.29, 0.717) is 24.8 Å². The van der Waals surface area contributed by atoms with E-state index in [1.165, 1.54) is 18.4 Å². The van der Waals surface area contributed by atoms with Gasteiger partial charge in [0.1, 0.15) is 0 Å². The highest BCUT2D eigenvalue weighted by Gasteiger charge is 2.31. The second kappa shape index (κ2) is 8.50. The first-order chi connectivity index (χ1) is 12.2. The number of nitrogens with zero attached hydrogens (tertiary/aromatic N) is 2. The number of amides is 2. The predicted molar refractivity (Wildman–Crippen MR) is 99.3 cm³/mol. The van der Waals surface area contributed by atoms with Crippen LogP contribution in [-0.2, 0) is 22.4 Å². The number of carbonyl (C=O) groups excluding carboxylic acids is 2. The molecular weight excluding hydrogens is 312 g/mol. The third-order valence-electron chi connectivity index (χ3n) is 5.57. The zero-order valence-corrected chi connectivity index (χ0v) is 15.4. The molecule has 4 heteroatoms. The number of benzene rings is 1. The molecule has 0 radical (unpaired) electrons. The maximum Gasteiger partial charge on any atom is 0.226 e. The molecule has 0 N–H and O–H groups in total. The molecule has 1 aromatic rings. The summed E-state index contributed by atoms with van der Waals surface area (Å²) in [5, 5.41) is 0. The molecule has 3 rings (SSSR count). The zero-order valence-electron chi connectivity index (χ0n) is 15.4. The van der Waals surface area contributed by atoms with Gasteiger partial charge in [0, 0.05) is 32.1 Å². The van der Waals surface area contributed by atoms with Crippen molar-refractivity contribution in [3.63, 3.8) is 0 Å². The Morgan fingerprint density at radius 2 is 1.76 bits per heavy atom. The second-order valence-electron chi connectivity index (χ2n) is 7.40. The van der Waals surface area contributed by atoms with Crippen LogP contribution in [0.2, 0.25) is 0 Å². The summed E-state index contributed by atoms with van der Waals surface area (Å²) in [6.45, 7) is 4.67. The standard InChI is InChI=1S/C21H30N2O2/c1-2-3-5-17-7-9-18(10-8-17)16-21(25)22-14-11-19(12-15-22)23-13-4-6-20(23)24/h7-10,19H,2-6,11-16H2,1H3. The van der Waals surface area contributed by atoms with Gasteiger partial charge in [0.2, 0.25) is 11.8 Å². The molecule has 0 saturated carbocycles. The van der Waals surface area contributed by atoms with Crippen LogP contribution in [0.3, 0.4) is 0 Å². The lowest BCUT2D eigenvalue weighted by Crippen LogP contribution is -2.47. The van der Waals surface area contributed by atoms with E-state index in [2.05, 4.69) is 31.2 Å². The largest absolute Gasteiger partial charge is 0.342 e. The Balaban J connectivity index is 1.47. The van der Waals surface area contributed by atoms with Gasteiger partial charge in [-0.2, -0.15) is 0 Å². The summed E-state index contributed by atoms with van der Waals surface area (Å²) in [6.07, 6.45) is 7.57. The highest BCUT2D eigenvalue weighted by Crippen LogP contribution is 2.22. The minimum Gasteiger partial charge on any atom is -0.342 e. The molecule has 0 atom stereocenters. The van der Waals surface area contributed by atoms with E-state index < -0.39 is 0 Å². The van der Waals surface area contributed by atoms with Gasteiger partial charge in [-0.1, -0.05) is 37.6 Å². The fraction of sp³-hybridized carbons (Fsp3) is 0.619. The van der Waals surface area contributed by atoms with Crippen molar-refractivity contribution >= 4 is 11.8 Å². The van der Waals surface area contributed by atoms with Crippen molar-refractivity contribution in [1.82, 2.24) is 9.80 Å². The van der Waals surface area contributed by atoms with Crippen LogP contribution < -0.4 is 0 Å². The van der Waals surface area contributed by atoms with Crippen LogP contribution in [-0.4, -0.2) is 47.3 Å². The summed E-state index contributed by atoms with van der Waals surface area (Å²) < 4.78 is 0. The first kappa shape index (κ1) is 18.0. The highest BCUT2D eigenvalue weighted by atomic mass is 16.2. The molecule has 2 aliphatic rings. The number of hydrogen-bond donors (Lipinski definition) is 0. The van der Waals surface area contributed by atoms with Crippen LogP contribution in [0.4, 0.5) is 0 Å². The molecule has 136 valence electrons. The van der Waals surface area contributed by atoms with Gasteiger partial charge in [-0.15, -0.1) is 0 Å². The molecule has 25 heavy (non-hydrogen) atoms. The lowest BCUT2D eigenvalue weighted by Gasteiger charge is -2.36. The van der Waals surface area contributed by atoms with Crippen molar-refractivity contribution in [2.24, 2.45) is 0 Å². The van der Waals surface area contributed by atoms with Crippen molar-refractivity contribution in [3.8, 4) is 0 Å². The molecule has 2 aliphatic heterocycles. The summed E-state index contributed by atoms with van der Waals surface area (Å²) in [6, 6.07) is 8.85. The number of likely N-dealkylation sites (tertiary alicyclic amines) is 2. The molecule has 4 nitrogen and oxygen atoms in total. The van der Waals surface area contributed by atoms with E-state index in [9.17, 15) is 9.59 Å². The lowest BCUT2D eigenvalue weighted by molar-refractivity contribution is -0.134. The number of carbonyl (C=O) groups is 2. The quantitative estimate of drug-likeness (QED) is 0.797. The van der Waals surface area contributed by atoms with Gasteiger partial charge in [0.25, 0.3) is 0 Å². The monoisotopic (exact) mass is 342 g/mol. The van der Waals surface area contributed by atoms with Crippen molar-refractivity contribution < 1.29 is 9.59 Å². The molecular formula is C21H30N2O2. The van der Waals surface area contributed by atoms with Gasteiger partial charge in [0.15, 0.2) is 0 Å². The minimum absolute atomic E-state index is 0.215. The molecule has 2 saturated heterocycles. The summed E-state index contributed by atoms with van der Waals surface area (Å²) in [5.74, 6) is 0.514. The molecule has 0 aromatic heterocycles. The summed E-state index contributed by atoms with van der Waals surface area (Å²) in [5.41, 5.74) is 2.45. The first-order valence-electron chi connectivity index (χ1n) is 9.82. The topological polar surface area (TPSA) is 40.6 Å². The minimum atomic E-state index is 0.215. The van der Waals surface area contributed by atoms with Gasteiger partial charge in [-0.25, -0.2) is 0 Å². The van der Waals surface area contributed by atoms with Gasteiger partial charge in [-0.3, -0.25) is 9.59 Å². The van der Waals surface area contributed by atoms with E-state index >= 15 is 0 Å². The maximum atomic E-state index is 12.6. The van der Waals surface area contributed by atoms with Crippen molar-refractivity contribution in [2.75, 3.05) is 19.6 Å². The van der Waals surface area contributed by atoms with E-state index in [0.717, 1.165) is 50.9 Å². The number of aryl methyl sites for hydroxylation is 1.